The van der Waals surface area contributed by atoms with Crippen LogP contribution in [0.1, 0.15) is 24.6 Å². The average molecular weight is 343 g/mol. The summed E-state index contributed by atoms with van der Waals surface area (Å²) in [6.45, 7) is 0.0442. The van der Waals surface area contributed by atoms with Crippen molar-refractivity contribution in [3.63, 3.8) is 0 Å². The maximum absolute atomic E-state index is 12.6. The number of carbonyl (C=O) groups excluding carboxylic acids is 2. The van der Waals surface area contributed by atoms with E-state index in [0.29, 0.717) is 11.6 Å². The van der Waals surface area contributed by atoms with E-state index in [1.807, 2.05) is 29.8 Å². The Morgan fingerprint density at radius 3 is 2.92 bits per heavy atom. The van der Waals surface area contributed by atoms with E-state index in [0.717, 1.165) is 29.5 Å². The summed E-state index contributed by atoms with van der Waals surface area (Å²) >= 11 is 1.36. The molecule has 1 aliphatic heterocycles. The third kappa shape index (κ3) is 2.77. The highest BCUT2D eigenvalue weighted by Crippen LogP contribution is 2.39. The number of anilines is 2. The standard InChI is InChI=1S/C16H17N5O2S/c1-20-15(10-6-7-10)18-19-16(20)24-9-14(23)21-8-13(22)17-11-4-2-3-5-12(11)21/h2-5,10H,6-9H2,1H3,(H,17,22). The predicted molar refractivity (Wildman–Crippen MR) is 91.1 cm³/mol. The van der Waals surface area contributed by atoms with Crippen LogP contribution in [-0.2, 0) is 16.6 Å². The van der Waals surface area contributed by atoms with Crippen molar-refractivity contribution in [1.82, 2.24) is 14.8 Å². The van der Waals surface area contributed by atoms with Crippen LogP contribution < -0.4 is 10.2 Å². The quantitative estimate of drug-likeness (QED) is 0.856. The van der Waals surface area contributed by atoms with Gasteiger partial charge < -0.3 is 14.8 Å². The zero-order valence-electron chi connectivity index (χ0n) is 13.2. The van der Waals surface area contributed by atoms with E-state index in [1.54, 1.807) is 6.07 Å². The molecular formula is C16H17N5O2S. The number of benzene rings is 1. The number of nitrogens with one attached hydrogen (secondary N) is 1. The van der Waals surface area contributed by atoms with Crippen molar-refractivity contribution in [2.75, 3.05) is 22.5 Å². The van der Waals surface area contributed by atoms with Crippen LogP contribution in [0.3, 0.4) is 0 Å². The minimum atomic E-state index is -0.179. The van der Waals surface area contributed by atoms with E-state index in [4.69, 9.17) is 0 Å². The summed E-state index contributed by atoms with van der Waals surface area (Å²) in [4.78, 5) is 26.0. The number of amides is 2. The zero-order chi connectivity index (χ0) is 16.7. The van der Waals surface area contributed by atoms with E-state index in [1.165, 1.54) is 16.7 Å². The molecule has 1 aromatic heterocycles. The van der Waals surface area contributed by atoms with Gasteiger partial charge in [0.25, 0.3) is 0 Å². The number of fused-ring (bicyclic) bond motifs is 1. The predicted octanol–water partition coefficient (Wildman–Crippen LogP) is 1.77. The second kappa shape index (κ2) is 5.94. The number of carbonyl (C=O) groups is 2. The number of nitrogens with zero attached hydrogens (tertiary/aromatic N) is 4. The van der Waals surface area contributed by atoms with E-state index in [2.05, 4.69) is 15.5 Å². The van der Waals surface area contributed by atoms with Gasteiger partial charge >= 0.3 is 0 Å². The van der Waals surface area contributed by atoms with Crippen LogP contribution in [0.25, 0.3) is 0 Å². The lowest BCUT2D eigenvalue weighted by atomic mass is 10.2. The van der Waals surface area contributed by atoms with Gasteiger partial charge in [-0.15, -0.1) is 10.2 Å². The summed E-state index contributed by atoms with van der Waals surface area (Å²) in [5, 5.41) is 11.9. The molecule has 7 nitrogen and oxygen atoms in total. The number of thioether (sulfide) groups is 1. The van der Waals surface area contributed by atoms with Gasteiger partial charge in [0.05, 0.1) is 17.1 Å². The molecule has 0 radical (unpaired) electrons. The van der Waals surface area contributed by atoms with Gasteiger partial charge in [-0.05, 0) is 25.0 Å². The number of hydrogen-bond acceptors (Lipinski definition) is 5. The molecule has 24 heavy (non-hydrogen) atoms. The second-order valence-electron chi connectivity index (χ2n) is 6.01. The van der Waals surface area contributed by atoms with Gasteiger partial charge in [0.1, 0.15) is 12.4 Å². The molecule has 2 amide bonds. The fraction of sp³-hybridized carbons (Fsp3) is 0.375. The molecule has 0 unspecified atom stereocenters. The van der Waals surface area contributed by atoms with Gasteiger partial charge in [-0.25, -0.2) is 0 Å². The van der Waals surface area contributed by atoms with Gasteiger partial charge in [-0.1, -0.05) is 23.9 Å². The molecule has 1 saturated carbocycles. The number of para-hydroxylation sites is 2. The summed E-state index contributed by atoms with van der Waals surface area (Å²) in [6, 6.07) is 7.32. The summed E-state index contributed by atoms with van der Waals surface area (Å²) < 4.78 is 1.96. The van der Waals surface area contributed by atoms with Crippen molar-refractivity contribution in [3.8, 4) is 0 Å². The summed E-state index contributed by atoms with van der Waals surface area (Å²) in [5.74, 6) is 1.44. The number of hydrogen-bond donors (Lipinski definition) is 1. The molecule has 1 aliphatic carbocycles. The summed E-state index contributed by atoms with van der Waals surface area (Å²) in [7, 11) is 1.93. The minimum Gasteiger partial charge on any atom is -0.323 e. The lowest BCUT2D eigenvalue weighted by molar-refractivity contribution is -0.120. The van der Waals surface area contributed by atoms with Crippen LogP contribution in [-0.4, -0.2) is 38.9 Å². The molecule has 8 heteroatoms. The number of rotatable bonds is 4. The molecule has 2 aromatic rings. The molecule has 124 valence electrons. The molecule has 4 rings (SSSR count). The Kier molecular flexibility index (Phi) is 3.76. The molecule has 1 aromatic carbocycles. The van der Waals surface area contributed by atoms with Gasteiger partial charge in [0, 0.05) is 13.0 Å². The molecule has 1 N–H and O–H groups in total. The van der Waals surface area contributed by atoms with Crippen molar-refractivity contribution < 1.29 is 9.59 Å². The largest absolute Gasteiger partial charge is 0.323 e. The molecular weight excluding hydrogens is 326 g/mol. The van der Waals surface area contributed by atoms with E-state index < -0.39 is 0 Å². The van der Waals surface area contributed by atoms with Crippen LogP contribution in [0.15, 0.2) is 29.4 Å². The Labute approximate surface area is 143 Å². The van der Waals surface area contributed by atoms with Crippen LogP contribution in [0, 0.1) is 0 Å². The number of aromatic nitrogens is 3. The maximum Gasteiger partial charge on any atom is 0.244 e. The van der Waals surface area contributed by atoms with Crippen LogP contribution >= 0.6 is 11.8 Å². The summed E-state index contributed by atoms with van der Waals surface area (Å²) in [6.07, 6.45) is 2.32. The van der Waals surface area contributed by atoms with Crippen molar-refractivity contribution in [2.24, 2.45) is 7.05 Å². The molecule has 0 bridgehead atoms. The zero-order valence-corrected chi connectivity index (χ0v) is 14.0. The Morgan fingerprint density at radius 2 is 2.12 bits per heavy atom. The molecule has 2 aliphatic rings. The Bertz CT molecular complexity index is 815. The SMILES string of the molecule is Cn1c(SCC(=O)N2CC(=O)Nc3ccccc32)nnc1C1CC1. The molecule has 0 saturated heterocycles. The fourth-order valence-electron chi connectivity index (χ4n) is 2.81. The van der Waals surface area contributed by atoms with Crippen LogP contribution in [0.5, 0.6) is 0 Å². The second-order valence-corrected chi connectivity index (χ2v) is 6.95. The molecule has 0 atom stereocenters. The minimum absolute atomic E-state index is 0.0442. The fourth-order valence-corrected chi connectivity index (χ4v) is 3.60. The third-order valence-corrected chi connectivity index (χ3v) is 5.21. The first-order chi connectivity index (χ1) is 11.6. The van der Waals surface area contributed by atoms with Crippen molar-refractivity contribution in [3.05, 3.63) is 30.1 Å². The van der Waals surface area contributed by atoms with E-state index >= 15 is 0 Å². The first-order valence-corrected chi connectivity index (χ1v) is 8.83. The highest BCUT2D eigenvalue weighted by atomic mass is 32.2. The Balaban J connectivity index is 1.48. The Morgan fingerprint density at radius 1 is 1.33 bits per heavy atom. The van der Waals surface area contributed by atoms with Crippen molar-refractivity contribution >= 4 is 35.0 Å². The van der Waals surface area contributed by atoms with Crippen LogP contribution in [0.2, 0.25) is 0 Å². The van der Waals surface area contributed by atoms with Crippen LogP contribution in [0.4, 0.5) is 11.4 Å². The lowest BCUT2D eigenvalue weighted by Gasteiger charge is -2.28. The average Bonchev–Trinajstić information content (AvgIpc) is 3.35. The van der Waals surface area contributed by atoms with E-state index in [-0.39, 0.29) is 24.1 Å². The monoisotopic (exact) mass is 343 g/mol. The molecule has 0 spiro atoms. The topological polar surface area (TPSA) is 80.1 Å². The van der Waals surface area contributed by atoms with Gasteiger partial charge in [-0.2, -0.15) is 0 Å². The van der Waals surface area contributed by atoms with Crippen molar-refractivity contribution in [2.45, 2.75) is 23.9 Å². The lowest BCUT2D eigenvalue weighted by Crippen LogP contribution is -2.43. The first kappa shape index (κ1) is 15.2. The normalized spacial score (nSPS) is 16.7. The Hall–Kier alpha value is -2.35. The first-order valence-electron chi connectivity index (χ1n) is 7.85. The molecule has 1 fully saturated rings. The smallest absolute Gasteiger partial charge is 0.244 e. The molecule has 2 heterocycles. The van der Waals surface area contributed by atoms with Gasteiger partial charge in [-0.3, -0.25) is 9.59 Å². The van der Waals surface area contributed by atoms with Crippen molar-refractivity contribution in [1.29, 1.82) is 0 Å². The van der Waals surface area contributed by atoms with Gasteiger partial charge in [0.15, 0.2) is 5.16 Å². The summed E-state index contributed by atoms with van der Waals surface area (Å²) in [5.41, 5.74) is 1.40. The highest BCUT2D eigenvalue weighted by Gasteiger charge is 2.30. The highest BCUT2D eigenvalue weighted by molar-refractivity contribution is 7.99. The van der Waals surface area contributed by atoms with E-state index in [9.17, 15) is 9.59 Å². The maximum atomic E-state index is 12.6. The van der Waals surface area contributed by atoms with Gasteiger partial charge in [0.2, 0.25) is 11.8 Å². The third-order valence-electron chi connectivity index (χ3n) is 4.21.